The number of rotatable bonds is 4. The third-order valence-corrected chi connectivity index (χ3v) is 3.59. The highest BCUT2D eigenvalue weighted by Gasteiger charge is 2.04. The van der Waals surface area contributed by atoms with Crippen molar-refractivity contribution in [2.45, 2.75) is 6.54 Å². The van der Waals surface area contributed by atoms with Crippen molar-refractivity contribution in [2.24, 2.45) is 0 Å². The lowest BCUT2D eigenvalue weighted by molar-refractivity contribution is 0.415. The monoisotopic (exact) mass is 350 g/mol. The van der Waals surface area contributed by atoms with Gasteiger partial charge in [-0.1, -0.05) is 33.6 Å². The van der Waals surface area contributed by atoms with E-state index in [1.54, 1.807) is 13.2 Å². The molecule has 0 saturated carbocycles. The van der Waals surface area contributed by atoms with Gasteiger partial charge in [0.2, 0.25) is 0 Å². The van der Waals surface area contributed by atoms with E-state index in [9.17, 15) is 0 Å². The number of nitriles is 1. The van der Waals surface area contributed by atoms with Gasteiger partial charge in [-0.3, -0.25) is 0 Å². The number of hydrogen-bond donors (Lipinski definition) is 1. The van der Waals surface area contributed by atoms with Crippen LogP contribution in [0.4, 0.5) is 5.69 Å². The summed E-state index contributed by atoms with van der Waals surface area (Å²) in [4.78, 5) is 0. The Kier molecular flexibility index (Phi) is 4.89. The second-order valence-electron chi connectivity index (χ2n) is 4.12. The molecule has 0 amide bonds. The number of nitrogens with one attached hydrogen (secondary N) is 1. The molecule has 1 N–H and O–H groups in total. The number of ether oxygens (including phenoxy) is 1. The third kappa shape index (κ3) is 3.44. The van der Waals surface area contributed by atoms with E-state index in [1.807, 2.05) is 30.3 Å². The van der Waals surface area contributed by atoms with Gasteiger partial charge >= 0.3 is 0 Å². The molecule has 2 aromatic rings. The van der Waals surface area contributed by atoms with Crippen LogP contribution in [0, 0.1) is 11.3 Å². The van der Waals surface area contributed by atoms with Gasteiger partial charge in [0.1, 0.15) is 11.8 Å². The molecule has 0 aromatic heterocycles. The zero-order valence-electron chi connectivity index (χ0n) is 10.8. The first-order valence-corrected chi connectivity index (χ1v) is 7.07. The Bertz CT molecular complexity index is 667. The molecule has 0 aliphatic carbocycles. The van der Waals surface area contributed by atoms with Crippen molar-refractivity contribution in [3.8, 4) is 11.8 Å². The molecule has 2 rings (SSSR count). The Balaban J connectivity index is 2.13. The number of methoxy groups -OCH3 is 1. The number of anilines is 1. The molecule has 102 valence electrons. The maximum absolute atomic E-state index is 9.10. The molecule has 3 nitrogen and oxygen atoms in total. The van der Waals surface area contributed by atoms with Crippen molar-refractivity contribution in [1.29, 1.82) is 5.26 Å². The standard InChI is InChI=1S/C15H12BrClN2O/c1-20-15-5-2-10(6-13(15)17)9-19-14-4-3-12(16)7-11(14)8-18/h2-7,19H,9H2,1H3. The van der Waals surface area contributed by atoms with Crippen LogP contribution >= 0.6 is 27.5 Å². The minimum atomic E-state index is 0.572. The Morgan fingerprint density at radius 3 is 2.75 bits per heavy atom. The van der Waals surface area contributed by atoms with Crippen LogP contribution in [0.2, 0.25) is 5.02 Å². The zero-order chi connectivity index (χ0) is 14.5. The summed E-state index contributed by atoms with van der Waals surface area (Å²) in [7, 11) is 1.58. The van der Waals surface area contributed by atoms with Crippen LogP contribution in [0.5, 0.6) is 5.75 Å². The van der Waals surface area contributed by atoms with Gasteiger partial charge in [-0.25, -0.2) is 0 Å². The van der Waals surface area contributed by atoms with Crippen LogP contribution in [-0.2, 0) is 6.54 Å². The average molecular weight is 352 g/mol. The molecule has 0 saturated heterocycles. The van der Waals surface area contributed by atoms with E-state index >= 15 is 0 Å². The Morgan fingerprint density at radius 2 is 2.10 bits per heavy atom. The summed E-state index contributed by atoms with van der Waals surface area (Å²) >= 11 is 9.43. The number of benzene rings is 2. The van der Waals surface area contributed by atoms with Crippen LogP contribution in [0.3, 0.4) is 0 Å². The van der Waals surface area contributed by atoms with Crippen molar-refractivity contribution in [3.63, 3.8) is 0 Å². The predicted octanol–water partition coefficient (Wildman–Crippen LogP) is 4.59. The van der Waals surface area contributed by atoms with Gasteiger partial charge in [-0.05, 0) is 35.9 Å². The van der Waals surface area contributed by atoms with Crippen LogP contribution in [0.25, 0.3) is 0 Å². The quantitative estimate of drug-likeness (QED) is 0.876. The van der Waals surface area contributed by atoms with Crippen LogP contribution in [-0.4, -0.2) is 7.11 Å². The lowest BCUT2D eigenvalue weighted by atomic mass is 10.1. The molecular formula is C15H12BrClN2O. The summed E-state index contributed by atoms with van der Waals surface area (Å²) in [5.74, 6) is 0.650. The smallest absolute Gasteiger partial charge is 0.137 e. The Labute approximate surface area is 131 Å². The number of nitrogens with zero attached hydrogens (tertiary/aromatic N) is 1. The fourth-order valence-corrected chi connectivity index (χ4v) is 2.42. The van der Waals surface area contributed by atoms with Crippen LogP contribution < -0.4 is 10.1 Å². The maximum atomic E-state index is 9.10. The molecule has 0 aliphatic heterocycles. The summed E-state index contributed by atoms with van der Waals surface area (Å²) in [6.45, 7) is 0.583. The SMILES string of the molecule is COc1ccc(CNc2ccc(Br)cc2C#N)cc1Cl. The van der Waals surface area contributed by atoms with Crippen LogP contribution in [0.1, 0.15) is 11.1 Å². The summed E-state index contributed by atoms with van der Waals surface area (Å²) in [6.07, 6.45) is 0. The molecule has 0 unspecified atom stereocenters. The molecule has 0 radical (unpaired) electrons. The zero-order valence-corrected chi connectivity index (χ0v) is 13.1. The summed E-state index contributed by atoms with van der Waals surface area (Å²) in [5.41, 5.74) is 2.41. The molecule has 0 spiro atoms. The van der Waals surface area contributed by atoms with E-state index in [1.165, 1.54) is 0 Å². The first-order chi connectivity index (χ1) is 9.63. The topological polar surface area (TPSA) is 45.0 Å². The van der Waals surface area contributed by atoms with Crippen molar-refractivity contribution < 1.29 is 4.74 Å². The second kappa shape index (κ2) is 6.65. The van der Waals surface area contributed by atoms with E-state index in [0.29, 0.717) is 22.9 Å². The molecule has 5 heteroatoms. The summed E-state index contributed by atoms with van der Waals surface area (Å²) in [6, 6.07) is 13.3. The molecule has 0 heterocycles. The van der Waals surface area contributed by atoms with Crippen molar-refractivity contribution in [3.05, 3.63) is 57.0 Å². The highest BCUT2D eigenvalue weighted by Crippen LogP contribution is 2.26. The van der Waals surface area contributed by atoms with Gasteiger partial charge in [0, 0.05) is 11.0 Å². The van der Waals surface area contributed by atoms with Crippen molar-refractivity contribution in [2.75, 3.05) is 12.4 Å². The minimum absolute atomic E-state index is 0.572. The van der Waals surface area contributed by atoms with Gasteiger partial charge in [-0.2, -0.15) is 5.26 Å². The van der Waals surface area contributed by atoms with Gasteiger partial charge in [0.05, 0.1) is 23.4 Å². The fourth-order valence-electron chi connectivity index (χ4n) is 1.78. The number of hydrogen-bond acceptors (Lipinski definition) is 3. The van der Waals surface area contributed by atoms with Crippen LogP contribution in [0.15, 0.2) is 40.9 Å². The molecule has 0 bridgehead atoms. The maximum Gasteiger partial charge on any atom is 0.137 e. The summed E-state index contributed by atoms with van der Waals surface area (Å²) in [5, 5.41) is 12.9. The van der Waals surface area contributed by atoms with Crippen molar-refractivity contribution >= 4 is 33.2 Å². The minimum Gasteiger partial charge on any atom is -0.495 e. The highest BCUT2D eigenvalue weighted by molar-refractivity contribution is 9.10. The fraction of sp³-hybridized carbons (Fsp3) is 0.133. The summed E-state index contributed by atoms with van der Waals surface area (Å²) < 4.78 is 5.99. The Hall–Kier alpha value is -1.70. The lowest BCUT2D eigenvalue weighted by Gasteiger charge is -2.10. The highest BCUT2D eigenvalue weighted by atomic mass is 79.9. The van der Waals surface area contributed by atoms with Crippen molar-refractivity contribution in [1.82, 2.24) is 0 Å². The molecule has 0 aliphatic rings. The Morgan fingerprint density at radius 1 is 1.30 bits per heavy atom. The van der Waals surface area contributed by atoms with Gasteiger partial charge < -0.3 is 10.1 Å². The first kappa shape index (κ1) is 14.7. The largest absolute Gasteiger partial charge is 0.495 e. The average Bonchev–Trinajstić information content (AvgIpc) is 2.46. The van der Waals surface area contributed by atoms with E-state index in [4.69, 9.17) is 21.6 Å². The van der Waals surface area contributed by atoms with E-state index in [2.05, 4.69) is 27.3 Å². The molecular weight excluding hydrogens is 340 g/mol. The van der Waals surface area contributed by atoms with Gasteiger partial charge in [0.15, 0.2) is 0 Å². The van der Waals surface area contributed by atoms with E-state index in [0.717, 1.165) is 15.7 Å². The molecule has 20 heavy (non-hydrogen) atoms. The van der Waals surface area contributed by atoms with Gasteiger partial charge in [-0.15, -0.1) is 0 Å². The predicted molar refractivity (Wildman–Crippen MR) is 84.2 cm³/mol. The van der Waals surface area contributed by atoms with E-state index in [-0.39, 0.29) is 0 Å². The normalized spacial score (nSPS) is 9.90. The number of halogens is 2. The molecule has 0 atom stereocenters. The second-order valence-corrected chi connectivity index (χ2v) is 5.45. The lowest BCUT2D eigenvalue weighted by Crippen LogP contribution is -2.01. The van der Waals surface area contributed by atoms with E-state index < -0.39 is 0 Å². The molecule has 2 aromatic carbocycles. The molecule has 0 fully saturated rings. The first-order valence-electron chi connectivity index (χ1n) is 5.90. The third-order valence-electron chi connectivity index (χ3n) is 2.80. The van der Waals surface area contributed by atoms with Gasteiger partial charge in [0.25, 0.3) is 0 Å².